The molecule has 4 rings (SSSR count). The van der Waals surface area contributed by atoms with Crippen molar-refractivity contribution in [2.24, 2.45) is 5.92 Å². The smallest absolute Gasteiger partial charge is 0.336 e. The van der Waals surface area contributed by atoms with Crippen molar-refractivity contribution in [1.82, 2.24) is 10.2 Å². The topological polar surface area (TPSA) is 98.1 Å². The Morgan fingerprint density at radius 3 is 2.27 bits per heavy atom. The number of hydrogen-bond donors (Lipinski definition) is 1. The molecular formula is C28H31FN2O6. The SMILES string of the molecule is COC(=O)C1=C(C)NC(C)=C(C(=O)OCCN2CCC(C(=O)c3ccc(F)cc3)CC2)C1c1ccco1. The van der Waals surface area contributed by atoms with E-state index in [-0.39, 0.29) is 24.1 Å². The zero-order chi connectivity index (χ0) is 26.5. The van der Waals surface area contributed by atoms with E-state index < -0.39 is 17.9 Å². The average molecular weight is 511 g/mol. The van der Waals surface area contributed by atoms with Gasteiger partial charge >= 0.3 is 11.9 Å². The second-order valence-electron chi connectivity index (χ2n) is 9.27. The van der Waals surface area contributed by atoms with Crippen molar-refractivity contribution >= 4 is 17.7 Å². The summed E-state index contributed by atoms with van der Waals surface area (Å²) in [4.78, 5) is 40.6. The lowest BCUT2D eigenvalue weighted by atomic mass is 9.83. The molecule has 0 saturated carbocycles. The minimum Gasteiger partial charge on any atom is -0.468 e. The van der Waals surface area contributed by atoms with Crippen molar-refractivity contribution in [2.75, 3.05) is 33.4 Å². The van der Waals surface area contributed by atoms with E-state index in [1.807, 2.05) is 0 Å². The van der Waals surface area contributed by atoms with Crippen molar-refractivity contribution in [1.29, 1.82) is 0 Å². The van der Waals surface area contributed by atoms with Crippen LogP contribution in [0.5, 0.6) is 0 Å². The number of allylic oxidation sites excluding steroid dienone is 2. The monoisotopic (exact) mass is 510 g/mol. The van der Waals surface area contributed by atoms with E-state index in [4.69, 9.17) is 13.9 Å². The molecule has 0 spiro atoms. The van der Waals surface area contributed by atoms with Crippen molar-refractivity contribution < 1.29 is 32.7 Å². The number of nitrogens with zero attached hydrogens (tertiary/aromatic N) is 1. The molecule has 0 bridgehead atoms. The van der Waals surface area contributed by atoms with Crippen LogP contribution in [0.1, 0.15) is 48.7 Å². The zero-order valence-corrected chi connectivity index (χ0v) is 21.2. The van der Waals surface area contributed by atoms with Crippen LogP contribution in [0.15, 0.2) is 69.6 Å². The number of furan rings is 1. The van der Waals surface area contributed by atoms with Gasteiger partial charge in [0.05, 0.1) is 30.4 Å². The molecule has 2 aromatic rings. The van der Waals surface area contributed by atoms with Gasteiger partial charge in [0.1, 0.15) is 18.2 Å². The van der Waals surface area contributed by atoms with Gasteiger partial charge in [0.15, 0.2) is 5.78 Å². The Hall–Kier alpha value is -3.72. The Labute approximate surface area is 215 Å². The molecule has 0 aliphatic carbocycles. The average Bonchev–Trinajstić information content (AvgIpc) is 3.43. The number of carbonyl (C=O) groups excluding carboxylic acids is 3. The predicted molar refractivity (Wildman–Crippen MR) is 133 cm³/mol. The van der Waals surface area contributed by atoms with Gasteiger partial charge < -0.3 is 19.2 Å². The summed E-state index contributed by atoms with van der Waals surface area (Å²) in [6, 6.07) is 9.07. The van der Waals surface area contributed by atoms with Crippen molar-refractivity contribution in [3.63, 3.8) is 0 Å². The van der Waals surface area contributed by atoms with Gasteiger partial charge in [0.2, 0.25) is 0 Å². The first kappa shape index (κ1) is 26.3. The molecule has 3 heterocycles. The molecule has 1 aromatic carbocycles. The van der Waals surface area contributed by atoms with Crippen molar-refractivity contribution in [2.45, 2.75) is 32.6 Å². The van der Waals surface area contributed by atoms with Gasteiger partial charge in [-0.15, -0.1) is 0 Å². The zero-order valence-electron chi connectivity index (χ0n) is 21.2. The first-order chi connectivity index (χ1) is 17.8. The fraction of sp³-hybridized carbons (Fsp3) is 0.393. The molecule has 8 nitrogen and oxygen atoms in total. The van der Waals surface area contributed by atoms with Crippen molar-refractivity contribution in [3.05, 3.63) is 82.3 Å². The summed E-state index contributed by atoms with van der Waals surface area (Å²) in [5.41, 5.74) is 2.28. The number of ketones is 1. The highest BCUT2D eigenvalue weighted by molar-refractivity contribution is 5.99. The molecule has 0 amide bonds. The number of carbonyl (C=O) groups is 3. The van der Waals surface area contributed by atoms with Crippen LogP contribution in [0.25, 0.3) is 0 Å². The van der Waals surface area contributed by atoms with Crippen LogP contribution in [0, 0.1) is 11.7 Å². The third kappa shape index (κ3) is 5.83. The largest absolute Gasteiger partial charge is 0.468 e. The lowest BCUT2D eigenvalue weighted by Crippen LogP contribution is -2.38. The van der Waals surface area contributed by atoms with Gasteiger partial charge in [-0.25, -0.2) is 14.0 Å². The molecule has 196 valence electrons. The van der Waals surface area contributed by atoms with Gasteiger partial charge in [-0.1, -0.05) is 0 Å². The Morgan fingerprint density at radius 1 is 1.03 bits per heavy atom. The van der Waals surface area contributed by atoms with Crippen LogP contribution < -0.4 is 5.32 Å². The maximum Gasteiger partial charge on any atom is 0.336 e. The van der Waals surface area contributed by atoms with E-state index in [0.717, 1.165) is 0 Å². The van der Waals surface area contributed by atoms with Gasteiger partial charge in [-0.2, -0.15) is 0 Å². The molecule has 2 aliphatic rings. The highest BCUT2D eigenvalue weighted by Gasteiger charge is 2.39. The molecule has 1 saturated heterocycles. The van der Waals surface area contributed by atoms with E-state index in [2.05, 4.69) is 10.2 Å². The molecule has 2 aliphatic heterocycles. The minimum absolute atomic E-state index is 0.0343. The maximum atomic E-state index is 13.2. The van der Waals surface area contributed by atoms with Crippen LogP contribution in [0.4, 0.5) is 4.39 Å². The Bertz CT molecular complexity index is 1210. The molecular weight excluding hydrogens is 479 g/mol. The summed E-state index contributed by atoms with van der Waals surface area (Å²) < 4.78 is 29.3. The summed E-state index contributed by atoms with van der Waals surface area (Å²) in [6.45, 7) is 5.58. The number of methoxy groups -OCH3 is 1. The fourth-order valence-corrected chi connectivity index (χ4v) is 5.00. The molecule has 37 heavy (non-hydrogen) atoms. The Morgan fingerprint density at radius 2 is 1.68 bits per heavy atom. The molecule has 9 heteroatoms. The third-order valence-electron chi connectivity index (χ3n) is 6.94. The maximum absolute atomic E-state index is 13.2. The van der Waals surface area contributed by atoms with Crippen LogP contribution in [-0.2, 0) is 19.1 Å². The van der Waals surface area contributed by atoms with Crippen LogP contribution >= 0.6 is 0 Å². The summed E-state index contributed by atoms with van der Waals surface area (Å²) in [6.07, 6.45) is 2.86. The summed E-state index contributed by atoms with van der Waals surface area (Å²) in [5.74, 6) is -1.83. The standard InChI is InChI=1S/C28H31FN2O6/c1-17-23(27(33)35-3)25(22-5-4-15-36-22)24(18(2)30-17)28(34)37-16-14-31-12-10-20(11-13-31)26(32)19-6-8-21(29)9-7-19/h4-9,15,20,25,30H,10-14,16H2,1-3H3. The van der Waals surface area contributed by atoms with Gasteiger partial charge in [-0.05, 0) is 76.2 Å². The number of rotatable bonds is 8. The summed E-state index contributed by atoms with van der Waals surface area (Å²) >= 11 is 0. The fourth-order valence-electron chi connectivity index (χ4n) is 5.00. The van der Waals surface area contributed by atoms with E-state index in [0.29, 0.717) is 66.3 Å². The second-order valence-corrected chi connectivity index (χ2v) is 9.27. The first-order valence-electron chi connectivity index (χ1n) is 12.3. The number of halogens is 1. The number of benzene rings is 1. The minimum atomic E-state index is -0.746. The number of nitrogens with one attached hydrogen (secondary N) is 1. The predicted octanol–water partition coefficient (Wildman–Crippen LogP) is 3.96. The number of esters is 2. The number of hydrogen-bond acceptors (Lipinski definition) is 8. The third-order valence-corrected chi connectivity index (χ3v) is 6.94. The summed E-state index contributed by atoms with van der Waals surface area (Å²) in [5, 5.41) is 3.09. The number of ether oxygens (including phenoxy) is 2. The molecule has 0 radical (unpaired) electrons. The summed E-state index contributed by atoms with van der Waals surface area (Å²) in [7, 11) is 1.29. The number of likely N-dealkylation sites (tertiary alicyclic amines) is 1. The Kier molecular flexibility index (Phi) is 8.23. The molecule has 1 unspecified atom stereocenters. The number of dihydropyridines is 1. The number of piperidine rings is 1. The van der Waals surface area contributed by atoms with Crippen LogP contribution in [0.2, 0.25) is 0 Å². The second kappa shape index (κ2) is 11.6. The van der Waals surface area contributed by atoms with Crippen molar-refractivity contribution in [3.8, 4) is 0 Å². The van der Waals surface area contributed by atoms with Gasteiger partial charge in [0, 0.05) is 29.4 Å². The van der Waals surface area contributed by atoms with Gasteiger partial charge in [-0.3, -0.25) is 9.69 Å². The quantitative estimate of drug-likeness (QED) is 0.421. The first-order valence-corrected chi connectivity index (χ1v) is 12.3. The highest BCUT2D eigenvalue weighted by atomic mass is 19.1. The lowest BCUT2D eigenvalue weighted by Gasteiger charge is -2.31. The number of Topliss-reactive ketones (excluding diaryl/α,β-unsaturated/α-hetero) is 1. The van der Waals surface area contributed by atoms with Gasteiger partial charge in [0.25, 0.3) is 0 Å². The van der Waals surface area contributed by atoms with E-state index in [1.54, 1.807) is 26.0 Å². The van der Waals surface area contributed by atoms with E-state index in [1.165, 1.54) is 37.6 Å². The van der Waals surface area contributed by atoms with Crippen LogP contribution in [0.3, 0.4) is 0 Å². The Balaban J connectivity index is 1.34. The molecule has 1 N–H and O–H groups in total. The van der Waals surface area contributed by atoms with Crippen LogP contribution in [-0.4, -0.2) is 56.0 Å². The highest BCUT2D eigenvalue weighted by Crippen LogP contribution is 2.39. The lowest BCUT2D eigenvalue weighted by molar-refractivity contribution is -0.140. The molecule has 1 atom stereocenters. The van der Waals surface area contributed by atoms with E-state index in [9.17, 15) is 18.8 Å². The molecule has 1 aromatic heterocycles. The van der Waals surface area contributed by atoms with E-state index >= 15 is 0 Å². The normalized spacial score (nSPS) is 19.0. The molecule has 1 fully saturated rings.